The minimum atomic E-state index is -4.57. The SMILES string of the molecule is CCc1cccc(C(N)c2cc(F)ccc2C(F)(F)F)c1. The van der Waals surface area contributed by atoms with Gasteiger partial charge in [0.05, 0.1) is 11.6 Å². The molecule has 2 aromatic carbocycles. The summed E-state index contributed by atoms with van der Waals surface area (Å²) in [4.78, 5) is 0. The van der Waals surface area contributed by atoms with Crippen LogP contribution in [-0.2, 0) is 12.6 Å². The Kier molecular flexibility index (Phi) is 4.32. The third-order valence-electron chi connectivity index (χ3n) is 3.37. The van der Waals surface area contributed by atoms with Gasteiger partial charge in [0.15, 0.2) is 0 Å². The van der Waals surface area contributed by atoms with Crippen LogP contribution in [0.1, 0.15) is 35.2 Å². The van der Waals surface area contributed by atoms with Crippen LogP contribution in [0.2, 0.25) is 0 Å². The predicted octanol–water partition coefficient (Wildman–Crippen LogP) is 4.46. The maximum Gasteiger partial charge on any atom is 0.416 e. The maximum atomic E-state index is 13.3. The smallest absolute Gasteiger partial charge is 0.320 e. The summed E-state index contributed by atoms with van der Waals surface area (Å²) in [6.07, 6.45) is -3.82. The van der Waals surface area contributed by atoms with E-state index in [4.69, 9.17) is 5.73 Å². The van der Waals surface area contributed by atoms with Gasteiger partial charge < -0.3 is 5.73 Å². The van der Waals surface area contributed by atoms with Crippen molar-refractivity contribution < 1.29 is 17.6 Å². The molecule has 112 valence electrons. The summed E-state index contributed by atoms with van der Waals surface area (Å²) in [6.45, 7) is 1.94. The normalized spacial score (nSPS) is 13.2. The minimum absolute atomic E-state index is 0.254. The zero-order chi connectivity index (χ0) is 15.6. The monoisotopic (exact) mass is 297 g/mol. The van der Waals surface area contributed by atoms with E-state index in [-0.39, 0.29) is 5.56 Å². The quantitative estimate of drug-likeness (QED) is 0.832. The second-order valence-electron chi connectivity index (χ2n) is 4.81. The van der Waals surface area contributed by atoms with Gasteiger partial charge >= 0.3 is 6.18 Å². The summed E-state index contributed by atoms with van der Waals surface area (Å²) >= 11 is 0. The number of hydrogen-bond donors (Lipinski definition) is 1. The lowest BCUT2D eigenvalue weighted by molar-refractivity contribution is -0.138. The number of alkyl halides is 3. The van der Waals surface area contributed by atoms with Crippen LogP contribution in [0, 0.1) is 5.82 Å². The molecule has 0 bridgehead atoms. The number of hydrogen-bond acceptors (Lipinski definition) is 1. The number of nitrogens with two attached hydrogens (primary N) is 1. The fraction of sp³-hybridized carbons (Fsp3) is 0.250. The van der Waals surface area contributed by atoms with E-state index in [9.17, 15) is 17.6 Å². The largest absolute Gasteiger partial charge is 0.416 e. The highest BCUT2D eigenvalue weighted by molar-refractivity contribution is 5.40. The van der Waals surface area contributed by atoms with E-state index in [1.165, 1.54) is 0 Å². The van der Waals surface area contributed by atoms with Gasteiger partial charge in [0.1, 0.15) is 5.82 Å². The Morgan fingerprint density at radius 2 is 1.81 bits per heavy atom. The molecule has 0 fully saturated rings. The molecule has 0 heterocycles. The first-order valence-electron chi connectivity index (χ1n) is 6.54. The van der Waals surface area contributed by atoms with Crippen molar-refractivity contribution in [1.29, 1.82) is 0 Å². The summed E-state index contributed by atoms with van der Waals surface area (Å²) in [6, 6.07) is 8.35. The van der Waals surface area contributed by atoms with Crippen molar-refractivity contribution in [2.45, 2.75) is 25.6 Å². The molecular weight excluding hydrogens is 282 g/mol. The molecule has 1 nitrogen and oxygen atoms in total. The summed E-state index contributed by atoms with van der Waals surface area (Å²) in [5, 5.41) is 0. The third-order valence-corrected chi connectivity index (χ3v) is 3.37. The molecule has 1 atom stereocenters. The van der Waals surface area contributed by atoms with E-state index in [0.717, 1.165) is 30.2 Å². The van der Waals surface area contributed by atoms with Crippen LogP contribution in [-0.4, -0.2) is 0 Å². The van der Waals surface area contributed by atoms with Crippen molar-refractivity contribution in [3.8, 4) is 0 Å². The van der Waals surface area contributed by atoms with E-state index >= 15 is 0 Å². The Morgan fingerprint density at radius 1 is 1.10 bits per heavy atom. The van der Waals surface area contributed by atoms with Gasteiger partial charge in [-0.2, -0.15) is 13.2 Å². The average molecular weight is 297 g/mol. The molecule has 2 N–H and O–H groups in total. The highest BCUT2D eigenvalue weighted by Gasteiger charge is 2.35. The molecule has 0 spiro atoms. The van der Waals surface area contributed by atoms with E-state index in [2.05, 4.69) is 0 Å². The van der Waals surface area contributed by atoms with Crippen molar-refractivity contribution in [1.82, 2.24) is 0 Å². The lowest BCUT2D eigenvalue weighted by Gasteiger charge is -2.19. The molecule has 2 aromatic rings. The first-order chi connectivity index (χ1) is 9.82. The Hall–Kier alpha value is -1.88. The molecule has 0 radical (unpaired) electrons. The lowest BCUT2D eigenvalue weighted by Crippen LogP contribution is -2.19. The van der Waals surface area contributed by atoms with Gasteiger partial charge in [-0.05, 0) is 41.3 Å². The summed E-state index contributed by atoms with van der Waals surface area (Å²) in [5.41, 5.74) is 6.28. The van der Waals surface area contributed by atoms with Gasteiger partial charge in [0, 0.05) is 0 Å². The summed E-state index contributed by atoms with van der Waals surface area (Å²) in [5.74, 6) is -0.736. The van der Waals surface area contributed by atoms with Crippen LogP contribution in [0.5, 0.6) is 0 Å². The molecular formula is C16H15F4N. The van der Waals surface area contributed by atoms with Crippen LogP contribution < -0.4 is 5.73 Å². The molecule has 0 aliphatic carbocycles. The van der Waals surface area contributed by atoms with E-state index in [1.54, 1.807) is 18.2 Å². The van der Waals surface area contributed by atoms with Crippen molar-refractivity contribution >= 4 is 0 Å². The van der Waals surface area contributed by atoms with Crippen molar-refractivity contribution in [2.75, 3.05) is 0 Å². The predicted molar refractivity (Wildman–Crippen MR) is 73.3 cm³/mol. The zero-order valence-electron chi connectivity index (χ0n) is 11.4. The lowest BCUT2D eigenvalue weighted by atomic mass is 9.93. The molecule has 0 saturated carbocycles. The topological polar surface area (TPSA) is 26.0 Å². The Balaban J connectivity index is 2.51. The van der Waals surface area contributed by atoms with Crippen molar-refractivity contribution in [3.63, 3.8) is 0 Å². The van der Waals surface area contributed by atoms with Gasteiger partial charge in [-0.3, -0.25) is 0 Å². The number of benzene rings is 2. The molecule has 5 heteroatoms. The van der Waals surface area contributed by atoms with Gasteiger partial charge in [-0.15, -0.1) is 0 Å². The van der Waals surface area contributed by atoms with Gasteiger partial charge in [0.25, 0.3) is 0 Å². The molecule has 1 unspecified atom stereocenters. The maximum absolute atomic E-state index is 13.3. The second kappa shape index (κ2) is 5.85. The minimum Gasteiger partial charge on any atom is -0.320 e. The van der Waals surface area contributed by atoms with E-state index in [1.807, 2.05) is 13.0 Å². The average Bonchev–Trinajstić information content (AvgIpc) is 2.45. The summed E-state index contributed by atoms with van der Waals surface area (Å²) in [7, 11) is 0. The molecule has 0 aliphatic heterocycles. The van der Waals surface area contributed by atoms with Crippen molar-refractivity contribution in [3.05, 3.63) is 70.5 Å². The fourth-order valence-corrected chi connectivity index (χ4v) is 2.24. The highest BCUT2D eigenvalue weighted by atomic mass is 19.4. The Labute approximate surface area is 120 Å². The molecule has 0 amide bonds. The van der Waals surface area contributed by atoms with Gasteiger partial charge in [-0.1, -0.05) is 31.2 Å². The summed E-state index contributed by atoms with van der Waals surface area (Å²) < 4.78 is 52.4. The van der Waals surface area contributed by atoms with Gasteiger partial charge in [-0.25, -0.2) is 4.39 Å². The van der Waals surface area contributed by atoms with Crippen LogP contribution in [0.25, 0.3) is 0 Å². The molecule has 0 aromatic heterocycles. The first kappa shape index (κ1) is 15.5. The highest BCUT2D eigenvalue weighted by Crippen LogP contribution is 2.36. The van der Waals surface area contributed by atoms with Crippen LogP contribution in [0.15, 0.2) is 42.5 Å². The standard InChI is InChI=1S/C16H15F4N/c1-2-10-4-3-5-11(8-10)15(21)13-9-12(17)6-7-14(13)16(18,19)20/h3-9,15H,2,21H2,1H3. The van der Waals surface area contributed by atoms with Crippen LogP contribution in [0.4, 0.5) is 17.6 Å². The third kappa shape index (κ3) is 3.42. The zero-order valence-corrected chi connectivity index (χ0v) is 11.4. The fourth-order valence-electron chi connectivity index (χ4n) is 2.24. The molecule has 21 heavy (non-hydrogen) atoms. The van der Waals surface area contributed by atoms with Gasteiger partial charge in [0.2, 0.25) is 0 Å². The second-order valence-corrected chi connectivity index (χ2v) is 4.81. The number of aryl methyl sites for hydroxylation is 1. The van der Waals surface area contributed by atoms with E-state index in [0.29, 0.717) is 5.56 Å². The Bertz CT molecular complexity index is 634. The molecule has 0 aliphatic rings. The van der Waals surface area contributed by atoms with Crippen LogP contribution in [0.3, 0.4) is 0 Å². The van der Waals surface area contributed by atoms with Crippen molar-refractivity contribution in [2.24, 2.45) is 5.73 Å². The first-order valence-corrected chi connectivity index (χ1v) is 6.54. The Morgan fingerprint density at radius 3 is 2.43 bits per heavy atom. The number of rotatable bonds is 3. The van der Waals surface area contributed by atoms with Crippen LogP contribution >= 0.6 is 0 Å². The number of halogens is 4. The molecule has 2 rings (SSSR count). The molecule has 0 saturated heterocycles. The van der Waals surface area contributed by atoms with E-state index < -0.39 is 23.6 Å².